The monoisotopic (exact) mass is 419 g/mol. The molecule has 2 amide bonds. The van der Waals surface area contributed by atoms with Crippen LogP contribution in [0.1, 0.15) is 26.4 Å². The number of methoxy groups -OCH3 is 1. The van der Waals surface area contributed by atoms with E-state index < -0.39 is 24.5 Å². The summed E-state index contributed by atoms with van der Waals surface area (Å²) in [5.41, 5.74) is 2.20. The number of halogens is 3. The Bertz CT molecular complexity index is 1120. The summed E-state index contributed by atoms with van der Waals surface area (Å²) < 4.78 is 43.9. The Balaban J connectivity index is 1.84. The fourth-order valence-corrected chi connectivity index (χ4v) is 3.02. The van der Waals surface area contributed by atoms with Crippen molar-refractivity contribution in [2.24, 2.45) is 7.05 Å². The van der Waals surface area contributed by atoms with Crippen LogP contribution in [0, 0.1) is 6.92 Å². The number of aryl methyl sites for hydroxylation is 2. The molecule has 9 heteroatoms. The molecule has 1 heterocycles. The van der Waals surface area contributed by atoms with Crippen LogP contribution in [0.5, 0.6) is 5.75 Å². The topological polar surface area (TPSA) is 72.4 Å². The molecule has 0 aliphatic carbocycles. The van der Waals surface area contributed by atoms with E-state index in [1.807, 2.05) is 17.4 Å². The molecular formula is C21H20F3N3O3. The van der Waals surface area contributed by atoms with Gasteiger partial charge in [-0.05, 0) is 42.8 Å². The maximum absolute atomic E-state index is 12.8. The zero-order valence-electron chi connectivity index (χ0n) is 16.6. The number of nitrogens with zero attached hydrogens (tertiary/aromatic N) is 1. The predicted molar refractivity (Wildman–Crippen MR) is 107 cm³/mol. The van der Waals surface area contributed by atoms with Gasteiger partial charge >= 0.3 is 6.18 Å². The number of carbonyl (C=O) groups excluding carboxylic acids is 2. The highest BCUT2D eigenvalue weighted by Crippen LogP contribution is 2.25. The molecule has 3 rings (SSSR count). The van der Waals surface area contributed by atoms with E-state index in [2.05, 4.69) is 5.32 Å². The number of hydrogen-bond donors (Lipinski definition) is 2. The minimum absolute atomic E-state index is 0.0157. The van der Waals surface area contributed by atoms with Gasteiger partial charge in [0, 0.05) is 29.8 Å². The first kappa shape index (κ1) is 21.2. The fourth-order valence-electron chi connectivity index (χ4n) is 3.02. The molecule has 2 N–H and O–H groups in total. The molecule has 0 atom stereocenters. The first-order valence-corrected chi connectivity index (χ1v) is 8.99. The molecule has 0 unspecified atom stereocenters. The van der Waals surface area contributed by atoms with E-state index in [1.54, 1.807) is 43.8 Å². The van der Waals surface area contributed by atoms with Gasteiger partial charge < -0.3 is 19.9 Å². The molecule has 2 aromatic carbocycles. The van der Waals surface area contributed by atoms with Crippen LogP contribution in [-0.2, 0) is 7.05 Å². The van der Waals surface area contributed by atoms with Crippen LogP contribution in [0.25, 0.3) is 10.9 Å². The second-order valence-electron chi connectivity index (χ2n) is 6.80. The number of carbonyl (C=O) groups is 2. The van der Waals surface area contributed by atoms with Gasteiger partial charge in [-0.3, -0.25) is 9.59 Å². The summed E-state index contributed by atoms with van der Waals surface area (Å²) in [5.74, 6) is -0.632. The third-order valence-corrected chi connectivity index (χ3v) is 4.68. The van der Waals surface area contributed by atoms with Crippen LogP contribution in [0.4, 0.5) is 18.9 Å². The number of ether oxygens (including phenoxy) is 1. The molecule has 0 aliphatic heterocycles. The van der Waals surface area contributed by atoms with Crippen LogP contribution in [-0.4, -0.2) is 36.2 Å². The number of nitrogens with one attached hydrogen (secondary N) is 2. The first-order chi connectivity index (χ1) is 14.1. The molecule has 0 saturated heterocycles. The van der Waals surface area contributed by atoms with Crippen LogP contribution in [0.2, 0.25) is 0 Å². The number of benzene rings is 2. The lowest BCUT2D eigenvalue weighted by atomic mass is 10.1. The molecule has 158 valence electrons. The Morgan fingerprint density at radius 2 is 1.80 bits per heavy atom. The van der Waals surface area contributed by atoms with E-state index in [4.69, 9.17) is 4.74 Å². The van der Waals surface area contributed by atoms with Crippen LogP contribution < -0.4 is 15.4 Å². The van der Waals surface area contributed by atoms with Crippen LogP contribution in [0.15, 0.2) is 42.5 Å². The highest BCUT2D eigenvalue weighted by Gasteiger charge is 2.28. The third-order valence-electron chi connectivity index (χ3n) is 4.68. The fraction of sp³-hybridized carbons (Fsp3) is 0.238. The number of amides is 2. The van der Waals surface area contributed by atoms with Gasteiger partial charge in [0.15, 0.2) is 0 Å². The maximum atomic E-state index is 12.8. The number of rotatable bonds is 5. The Kier molecular flexibility index (Phi) is 5.73. The average Bonchev–Trinajstić information content (AvgIpc) is 3.03. The maximum Gasteiger partial charge on any atom is 0.405 e. The Morgan fingerprint density at radius 3 is 2.47 bits per heavy atom. The molecule has 0 aliphatic rings. The first-order valence-electron chi connectivity index (χ1n) is 8.99. The second kappa shape index (κ2) is 8.10. The van der Waals surface area contributed by atoms with Crippen molar-refractivity contribution < 1.29 is 27.5 Å². The van der Waals surface area contributed by atoms with E-state index in [0.29, 0.717) is 22.7 Å². The highest BCUT2D eigenvalue weighted by atomic mass is 19.4. The normalized spacial score (nSPS) is 11.4. The summed E-state index contributed by atoms with van der Waals surface area (Å²) in [4.78, 5) is 24.8. The van der Waals surface area contributed by atoms with Gasteiger partial charge in [0.1, 0.15) is 18.0 Å². The molecular weight excluding hydrogens is 399 g/mol. The van der Waals surface area contributed by atoms with E-state index in [1.165, 1.54) is 12.1 Å². The van der Waals surface area contributed by atoms with Crippen molar-refractivity contribution >= 4 is 28.4 Å². The van der Waals surface area contributed by atoms with Crippen molar-refractivity contribution in [1.29, 1.82) is 0 Å². The summed E-state index contributed by atoms with van der Waals surface area (Å²) in [5, 5.41) is 5.39. The predicted octanol–water partition coefficient (Wildman–Crippen LogP) is 4.04. The van der Waals surface area contributed by atoms with Gasteiger partial charge in [0.05, 0.1) is 12.6 Å². The molecule has 6 nitrogen and oxygen atoms in total. The van der Waals surface area contributed by atoms with Crippen LogP contribution in [0.3, 0.4) is 0 Å². The molecule has 0 saturated carbocycles. The van der Waals surface area contributed by atoms with Crippen molar-refractivity contribution in [2.75, 3.05) is 19.0 Å². The van der Waals surface area contributed by atoms with Gasteiger partial charge in [-0.1, -0.05) is 6.07 Å². The third kappa shape index (κ3) is 4.56. The summed E-state index contributed by atoms with van der Waals surface area (Å²) in [6.45, 7) is 0.292. The van der Waals surface area contributed by atoms with Gasteiger partial charge in [-0.15, -0.1) is 0 Å². The van der Waals surface area contributed by atoms with Crippen molar-refractivity contribution in [3.8, 4) is 5.75 Å². The minimum Gasteiger partial charge on any atom is -0.497 e. The second-order valence-corrected chi connectivity index (χ2v) is 6.80. The standard InChI is InChI=1S/C21H20F3N3O3/c1-12-4-5-14(19(28)25-11-21(22,23)24)8-16(12)26-20(29)18-9-13-6-7-15(30-3)10-17(13)27(18)2/h4-10H,11H2,1-3H3,(H,25,28)(H,26,29). The molecule has 0 fully saturated rings. The lowest BCUT2D eigenvalue weighted by Gasteiger charge is -2.12. The molecule has 3 aromatic rings. The largest absolute Gasteiger partial charge is 0.497 e. The van der Waals surface area contributed by atoms with Crippen molar-refractivity contribution in [1.82, 2.24) is 9.88 Å². The lowest BCUT2D eigenvalue weighted by Crippen LogP contribution is -2.33. The van der Waals surface area contributed by atoms with Crippen molar-refractivity contribution in [3.63, 3.8) is 0 Å². The zero-order valence-corrected chi connectivity index (χ0v) is 16.6. The summed E-state index contributed by atoms with van der Waals surface area (Å²) >= 11 is 0. The molecule has 1 aromatic heterocycles. The van der Waals surface area contributed by atoms with Crippen LogP contribution >= 0.6 is 0 Å². The molecule has 0 bridgehead atoms. The van der Waals surface area contributed by atoms with E-state index in [0.717, 1.165) is 10.9 Å². The van der Waals surface area contributed by atoms with E-state index in [-0.39, 0.29) is 5.56 Å². The molecule has 0 spiro atoms. The van der Waals surface area contributed by atoms with Gasteiger partial charge in [-0.2, -0.15) is 13.2 Å². The Labute approximate surface area is 170 Å². The number of aromatic nitrogens is 1. The molecule has 0 radical (unpaired) electrons. The van der Waals surface area contributed by atoms with E-state index in [9.17, 15) is 22.8 Å². The number of anilines is 1. The van der Waals surface area contributed by atoms with Crippen molar-refractivity contribution in [2.45, 2.75) is 13.1 Å². The molecule has 30 heavy (non-hydrogen) atoms. The number of hydrogen-bond acceptors (Lipinski definition) is 3. The number of alkyl halides is 3. The van der Waals surface area contributed by atoms with Gasteiger partial charge in [-0.25, -0.2) is 0 Å². The summed E-state index contributed by atoms with van der Waals surface area (Å²) in [7, 11) is 3.29. The SMILES string of the molecule is COc1ccc2cc(C(=O)Nc3cc(C(=O)NCC(F)(F)F)ccc3C)n(C)c2c1. The minimum atomic E-state index is -4.51. The van der Waals surface area contributed by atoms with E-state index >= 15 is 0 Å². The van der Waals surface area contributed by atoms with Crippen molar-refractivity contribution in [3.05, 3.63) is 59.3 Å². The van der Waals surface area contributed by atoms with Gasteiger partial charge in [0.25, 0.3) is 11.8 Å². The lowest BCUT2D eigenvalue weighted by molar-refractivity contribution is -0.123. The Morgan fingerprint density at radius 1 is 1.07 bits per heavy atom. The number of fused-ring (bicyclic) bond motifs is 1. The zero-order chi connectivity index (χ0) is 22.1. The van der Waals surface area contributed by atoms with Gasteiger partial charge in [0.2, 0.25) is 0 Å². The summed E-state index contributed by atoms with van der Waals surface area (Å²) in [6.07, 6.45) is -4.51. The highest BCUT2D eigenvalue weighted by molar-refractivity contribution is 6.07. The Hall–Kier alpha value is -3.49. The quantitative estimate of drug-likeness (QED) is 0.656. The smallest absolute Gasteiger partial charge is 0.405 e. The summed E-state index contributed by atoms with van der Waals surface area (Å²) in [6, 6.07) is 11.5. The average molecular weight is 419 g/mol.